The van der Waals surface area contributed by atoms with E-state index in [1.54, 1.807) is 0 Å². The van der Waals surface area contributed by atoms with Crippen molar-refractivity contribution in [3.05, 3.63) is 83.7 Å². The maximum atomic E-state index is 5.83. The Labute approximate surface area is 188 Å². The van der Waals surface area contributed by atoms with Gasteiger partial charge < -0.3 is 4.74 Å². The van der Waals surface area contributed by atoms with Crippen LogP contribution in [0.3, 0.4) is 0 Å². The molecule has 1 heterocycles. The molecule has 0 radical (unpaired) electrons. The molecule has 2 heteroatoms. The lowest BCUT2D eigenvalue weighted by molar-refractivity contribution is 0.306. The summed E-state index contributed by atoms with van der Waals surface area (Å²) < 4.78 is 5.83. The van der Waals surface area contributed by atoms with Crippen molar-refractivity contribution in [3.63, 3.8) is 0 Å². The number of nitrogens with zero attached hydrogens (tertiary/aromatic N) is 1. The number of rotatable bonds is 12. The summed E-state index contributed by atoms with van der Waals surface area (Å²) in [5.74, 6) is 1.29. The first-order valence-electron chi connectivity index (χ1n) is 12.0. The second-order valence-corrected chi connectivity index (χ2v) is 8.46. The second kappa shape index (κ2) is 12.3. The molecule has 0 aliphatic rings. The number of hydrogen-bond acceptors (Lipinski definition) is 2. The van der Waals surface area contributed by atoms with Crippen LogP contribution in [0.1, 0.15) is 82.0 Å². The van der Waals surface area contributed by atoms with Crippen LogP contribution in [-0.2, 0) is 6.42 Å². The lowest BCUT2D eigenvalue weighted by atomic mass is 9.92. The highest BCUT2D eigenvalue weighted by Crippen LogP contribution is 2.28. The predicted octanol–water partition coefficient (Wildman–Crippen LogP) is 8.20. The third-order valence-corrected chi connectivity index (χ3v) is 6.00. The van der Waals surface area contributed by atoms with E-state index in [4.69, 9.17) is 9.72 Å². The van der Waals surface area contributed by atoms with Crippen LogP contribution < -0.4 is 4.74 Å². The van der Waals surface area contributed by atoms with E-state index >= 15 is 0 Å². The zero-order chi connectivity index (χ0) is 21.9. The van der Waals surface area contributed by atoms with E-state index in [-0.39, 0.29) is 0 Å². The van der Waals surface area contributed by atoms with E-state index in [9.17, 15) is 0 Å². The first-order valence-corrected chi connectivity index (χ1v) is 12.0. The fraction of sp³-hybridized carbons (Fsp3) is 0.414. The molecule has 31 heavy (non-hydrogen) atoms. The molecule has 0 bridgehead atoms. The van der Waals surface area contributed by atoms with Crippen LogP contribution in [0.4, 0.5) is 0 Å². The maximum Gasteiger partial charge on any atom is 0.119 e. The van der Waals surface area contributed by atoms with E-state index in [0.29, 0.717) is 5.92 Å². The highest BCUT2D eigenvalue weighted by molar-refractivity contribution is 5.64. The number of aromatic nitrogens is 1. The van der Waals surface area contributed by atoms with Crippen LogP contribution in [-0.4, -0.2) is 11.6 Å². The number of unbranched alkanes of at least 4 members (excludes halogenated alkanes) is 4. The maximum absolute atomic E-state index is 5.83. The standard InChI is InChI=1S/C29H37NO/c1-4-6-8-10-28-18-15-27(22-30-28)23(3)24-11-13-25(14-12-24)26-16-19-29(20-17-26)31-21-9-7-5-2/h11-20,22-23H,4-10,21H2,1-3H3. The van der Waals surface area contributed by atoms with E-state index in [1.165, 1.54) is 60.1 Å². The molecule has 2 nitrogen and oxygen atoms in total. The molecule has 164 valence electrons. The van der Waals surface area contributed by atoms with Crippen molar-refractivity contribution >= 4 is 0 Å². The predicted molar refractivity (Wildman–Crippen MR) is 132 cm³/mol. The van der Waals surface area contributed by atoms with Crippen molar-refractivity contribution in [2.75, 3.05) is 6.61 Å². The molecule has 0 saturated carbocycles. The summed E-state index contributed by atoms with van der Waals surface area (Å²) in [7, 11) is 0. The Morgan fingerprint density at radius 3 is 1.94 bits per heavy atom. The fourth-order valence-corrected chi connectivity index (χ4v) is 3.84. The highest BCUT2D eigenvalue weighted by atomic mass is 16.5. The van der Waals surface area contributed by atoms with Gasteiger partial charge in [0, 0.05) is 17.8 Å². The molecule has 0 aliphatic carbocycles. The minimum Gasteiger partial charge on any atom is -0.494 e. The third-order valence-electron chi connectivity index (χ3n) is 6.00. The van der Waals surface area contributed by atoms with E-state index in [1.807, 2.05) is 0 Å². The third kappa shape index (κ3) is 6.95. The summed E-state index contributed by atoms with van der Waals surface area (Å²) in [6.07, 6.45) is 10.5. The molecular weight excluding hydrogens is 378 g/mol. The van der Waals surface area contributed by atoms with Gasteiger partial charge >= 0.3 is 0 Å². The molecule has 0 spiro atoms. The van der Waals surface area contributed by atoms with Crippen LogP contribution in [0.5, 0.6) is 5.75 Å². The summed E-state index contributed by atoms with van der Waals surface area (Å²) in [6.45, 7) is 7.51. The quantitative estimate of drug-likeness (QED) is 0.278. The van der Waals surface area contributed by atoms with E-state index in [0.717, 1.165) is 25.2 Å². The van der Waals surface area contributed by atoms with Gasteiger partial charge in [-0.15, -0.1) is 0 Å². The fourth-order valence-electron chi connectivity index (χ4n) is 3.84. The molecule has 1 atom stereocenters. The average Bonchev–Trinajstić information content (AvgIpc) is 2.83. The Morgan fingerprint density at radius 1 is 0.710 bits per heavy atom. The molecule has 3 aromatic rings. The monoisotopic (exact) mass is 415 g/mol. The first-order chi connectivity index (χ1) is 15.2. The van der Waals surface area contributed by atoms with Gasteiger partial charge in [-0.3, -0.25) is 4.98 Å². The van der Waals surface area contributed by atoms with Gasteiger partial charge in [-0.2, -0.15) is 0 Å². The number of ether oxygens (including phenoxy) is 1. The minimum absolute atomic E-state index is 0.338. The molecule has 0 fully saturated rings. The lowest BCUT2D eigenvalue weighted by Gasteiger charge is -2.14. The van der Waals surface area contributed by atoms with Gasteiger partial charge in [0.05, 0.1) is 6.61 Å². The smallest absolute Gasteiger partial charge is 0.119 e. The minimum atomic E-state index is 0.338. The van der Waals surface area contributed by atoms with E-state index < -0.39 is 0 Å². The Balaban J connectivity index is 1.59. The van der Waals surface area contributed by atoms with Crippen LogP contribution in [0.25, 0.3) is 11.1 Å². The summed E-state index contributed by atoms with van der Waals surface area (Å²) in [4.78, 5) is 4.69. The van der Waals surface area contributed by atoms with Gasteiger partial charge in [-0.25, -0.2) is 0 Å². The van der Waals surface area contributed by atoms with Gasteiger partial charge in [0.15, 0.2) is 0 Å². The number of benzene rings is 2. The van der Waals surface area contributed by atoms with Crippen molar-refractivity contribution in [1.82, 2.24) is 4.98 Å². The molecule has 0 saturated heterocycles. The van der Waals surface area contributed by atoms with Crippen molar-refractivity contribution < 1.29 is 4.74 Å². The van der Waals surface area contributed by atoms with Crippen molar-refractivity contribution in [1.29, 1.82) is 0 Å². The molecule has 0 amide bonds. The van der Waals surface area contributed by atoms with E-state index in [2.05, 4.69) is 87.6 Å². The molecule has 0 N–H and O–H groups in total. The van der Waals surface area contributed by atoms with Crippen LogP contribution in [0, 0.1) is 0 Å². The van der Waals surface area contributed by atoms with Crippen molar-refractivity contribution in [2.45, 2.75) is 71.6 Å². The molecule has 3 rings (SSSR count). The average molecular weight is 416 g/mol. The Hall–Kier alpha value is -2.61. The topological polar surface area (TPSA) is 22.1 Å². The van der Waals surface area contributed by atoms with Gasteiger partial charge in [0.25, 0.3) is 0 Å². The summed E-state index contributed by atoms with van der Waals surface area (Å²) in [5, 5.41) is 0. The second-order valence-electron chi connectivity index (χ2n) is 8.46. The van der Waals surface area contributed by atoms with Crippen LogP contribution >= 0.6 is 0 Å². The zero-order valence-corrected chi connectivity index (χ0v) is 19.4. The van der Waals surface area contributed by atoms with Crippen molar-refractivity contribution in [2.24, 2.45) is 0 Å². The van der Waals surface area contributed by atoms with Crippen LogP contribution in [0.15, 0.2) is 66.9 Å². The normalized spacial score (nSPS) is 12.0. The van der Waals surface area contributed by atoms with Gasteiger partial charge in [0.2, 0.25) is 0 Å². The molecule has 1 aromatic heterocycles. The summed E-state index contributed by atoms with van der Waals surface area (Å²) in [6, 6.07) is 21.8. The van der Waals surface area contributed by atoms with Crippen molar-refractivity contribution in [3.8, 4) is 16.9 Å². The number of pyridine rings is 1. The largest absolute Gasteiger partial charge is 0.494 e. The molecule has 1 unspecified atom stereocenters. The highest BCUT2D eigenvalue weighted by Gasteiger charge is 2.10. The Bertz CT molecular complexity index is 882. The number of aryl methyl sites for hydroxylation is 1. The van der Waals surface area contributed by atoms with Gasteiger partial charge in [-0.05, 0) is 59.7 Å². The zero-order valence-electron chi connectivity index (χ0n) is 19.4. The van der Waals surface area contributed by atoms with Gasteiger partial charge in [-0.1, -0.05) is 88.9 Å². The molecular formula is C29H37NO. The first kappa shape index (κ1) is 23.1. The summed E-state index contributed by atoms with van der Waals surface area (Å²) >= 11 is 0. The lowest BCUT2D eigenvalue weighted by Crippen LogP contribution is -1.99. The van der Waals surface area contributed by atoms with Gasteiger partial charge in [0.1, 0.15) is 5.75 Å². The SMILES string of the molecule is CCCCCOc1ccc(-c2ccc(C(C)c3ccc(CCCCC)nc3)cc2)cc1. The summed E-state index contributed by atoms with van der Waals surface area (Å²) in [5.41, 5.74) is 6.25. The Kier molecular flexibility index (Phi) is 9.15. The Morgan fingerprint density at radius 2 is 1.32 bits per heavy atom. The molecule has 2 aromatic carbocycles. The number of hydrogen-bond donors (Lipinski definition) is 0. The molecule has 0 aliphatic heterocycles. The van der Waals surface area contributed by atoms with Crippen LogP contribution in [0.2, 0.25) is 0 Å².